The number of methoxy groups -OCH3 is 1. The summed E-state index contributed by atoms with van der Waals surface area (Å²) in [4.78, 5) is 10.5. The van der Waals surface area contributed by atoms with Crippen LogP contribution >= 0.6 is 0 Å². The first-order valence-electron chi connectivity index (χ1n) is 5.51. The second-order valence-corrected chi connectivity index (χ2v) is 5.68. The minimum absolute atomic E-state index is 0.424. The highest BCUT2D eigenvalue weighted by Gasteiger charge is 2.30. The van der Waals surface area contributed by atoms with E-state index in [1.165, 1.54) is 0 Å². The third-order valence-corrected chi connectivity index (χ3v) is 3.87. The van der Waals surface area contributed by atoms with Gasteiger partial charge in [0.05, 0.1) is 17.6 Å². The average molecular weight is 327 g/mol. The number of benzene rings is 1. The molecule has 1 unspecified atom stereocenters. The maximum atomic E-state index is 12.3. The quantitative estimate of drug-likeness (QED) is 0.769. The zero-order chi connectivity index (χ0) is 16.3. The SMILES string of the molecule is COC(=O)C(O)CNS(=O)(=O)c1ccc(C(F)(F)F)cc1. The Morgan fingerprint density at radius 1 is 1.33 bits per heavy atom. The molecule has 0 spiro atoms. The van der Waals surface area contributed by atoms with Crippen LogP contribution in [0.3, 0.4) is 0 Å². The molecule has 6 nitrogen and oxygen atoms in total. The molecule has 1 aromatic carbocycles. The smallest absolute Gasteiger partial charge is 0.416 e. The van der Waals surface area contributed by atoms with E-state index in [9.17, 15) is 31.5 Å². The van der Waals surface area contributed by atoms with E-state index in [1.807, 2.05) is 4.72 Å². The number of carbonyl (C=O) groups excluding carboxylic acids is 1. The van der Waals surface area contributed by atoms with Gasteiger partial charge < -0.3 is 9.84 Å². The van der Waals surface area contributed by atoms with Gasteiger partial charge in [0.1, 0.15) is 0 Å². The van der Waals surface area contributed by atoms with Crippen LogP contribution in [0.5, 0.6) is 0 Å². The van der Waals surface area contributed by atoms with Crippen molar-refractivity contribution in [3.8, 4) is 0 Å². The molecule has 0 saturated heterocycles. The molecule has 0 aliphatic heterocycles. The Balaban J connectivity index is 2.82. The lowest BCUT2D eigenvalue weighted by atomic mass is 10.2. The number of ether oxygens (including phenoxy) is 1. The summed E-state index contributed by atoms with van der Waals surface area (Å²) in [6, 6.07) is 2.78. The van der Waals surface area contributed by atoms with Gasteiger partial charge in [-0.15, -0.1) is 0 Å². The number of hydrogen-bond acceptors (Lipinski definition) is 5. The Morgan fingerprint density at radius 2 is 1.86 bits per heavy atom. The van der Waals surface area contributed by atoms with Gasteiger partial charge in [-0.05, 0) is 24.3 Å². The molecule has 1 aromatic rings. The van der Waals surface area contributed by atoms with Crippen molar-refractivity contribution in [2.24, 2.45) is 0 Å². The summed E-state index contributed by atoms with van der Waals surface area (Å²) in [5.74, 6) is -1.04. The summed E-state index contributed by atoms with van der Waals surface area (Å²) in [5, 5.41) is 9.23. The van der Waals surface area contributed by atoms with Crippen molar-refractivity contribution < 1.29 is 36.2 Å². The molecule has 10 heteroatoms. The van der Waals surface area contributed by atoms with Gasteiger partial charge in [-0.2, -0.15) is 13.2 Å². The molecule has 2 N–H and O–H groups in total. The number of aliphatic hydroxyl groups is 1. The maximum absolute atomic E-state index is 12.3. The molecule has 0 aromatic heterocycles. The van der Waals surface area contributed by atoms with Crippen LogP contribution in [0.15, 0.2) is 29.2 Å². The van der Waals surface area contributed by atoms with E-state index < -0.39 is 45.3 Å². The van der Waals surface area contributed by atoms with Crippen LogP contribution in [0, 0.1) is 0 Å². The van der Waals surface area contributed by atoms with Crippen LogP contribution in [0.1, 0.15) is 5.56 Å². The van der Waals surface area contributed by atoms with E-state index >= 15 is 0 Å². The highest BCUT2D eigenvalue weighted by molar-refractivity contribution is 7.89. The van der Waals surface area contributed by atoms with Gasteiger partial charge >= 0.3 is 12.1 Å². The largest absolute Gasteiger partial charge is 0.467 e. The minimum atomic E-state index is -4.57. The minimum Gasteiger partial charge on any atom is -0.467 e. The number of esters is 1. The highest BCUT2D eigenvalue weighted by Crippen LogP contribution is 2.29. The molecule has 1 atom stereocenters. The second-order valence-electron chi connectivity index (χ2n) is 3.91. The molecule has 0 aliphatic rings. The van der Waals surface area contributed by atoms with Crippen molar-refractivity contribution in [3.05, 3.63) is 29.8 Å². The van der Waals surface area contributed by atoms with Gasteiger partial charge in [0.25, 0.3) is 0 Å². The molecule has 118 valence electrons. The fourth-order valence-electron chi connectivity index (χ4n) is 1.31. The van der Waals surface area contributed by atoms with E-state index in [1.54, 1.807) is 0 Å². The fourth-order valence-corrected chi connectivity index (χ4v) is 2.35. The zero-order valence-electron chi connectivity index (χ0n) is 10.7. The second kappa shape index (κ2) is 6.41. The molecule has 0 bridgehead atoms. The Kier molecular flexibility index (Phi) is 5.31. The van der Waals surface area contributed by atoms with E-state index in [-0.39, 0.29) is 0 Å². The molecule has 0 heterocycles. The lowest BCUT2D eigenvalue weighted by Crippen LogP contribution is -2.37. The predicted octanol–water partition coefficient (Wildman–Crippen LogP) is 0.518. The van der Waals surface area contributed by atoms with Crippen LogP contribution in [0.25, 0.3) is 0 Å². The Hall–Kier alpha value is -1.65. The number of carbonyl (C=O) groups is 1. The summed E-state index contributed by atoms with van der Waals surface area (Å²) < 4.78 is 66.6. The normalized spacial score (nSPS) is 13.8. The van der Waals surface area contributed by atoms with E-state index in [0.29, 0.717) is 12.1 Å². The van der Waals surface area contributed by atoms with Crippen molar-refractivity contribution in [2.75, 3.05) is 13.7 Å². The van der Waals surface area contributed by atoms with Crippen molar-refractivity contribution in [2.45, 2.75) is 17.2 Å². The number of hydrogen-bond donors (Lipinski definition) is 2. The lowest BCUT2D eigenvalue weighted by Gasteiger charge is -2.11. The van der Waals surface area contributed by atoms with Crippen molar-refractivity contribution in [1.29, 1.82) is 0 Å². The van der Waals surface area contributed by atoms with Gasteiger partial charge in [-0.25, -0.2) is 17.9 Å². The third kappa shape index (κ3) is 4.69. The van der Waals surface area contributed by atoms with Crippen LogP contribution in [-0.4, -0.2) is 39.3 Å². The Bertz CT molecular complexity index is 597. The standard InChI is InChI=1S/C11H12F3NO5S/c1-20-10(17)9(16)6-15-21(18,19)8-4-2-7(3-5-8)11(12,13)14/h2-5,9,15-16H,6H2,1H3. The average Bonchev–Trinajstić information content (AvgIpc) is 2.43. The lowest BCUT2D eigenvalue weighted by molar-refractivity contribution is -0.149. The van der Waals surface area contributed by atoms with Crippen LogP contribution in [0.2, 0.25) is 0 Å². The van der Waals surface area contributed by atoms with Crippen LogP contribution in [-0.2, 0) is 25.7 Å². The van der Waals surface area contributed by atoms with Gasteiger partial charge in [-0.3, -0.25) is 0 Å². The molecule has 0 fully saturated rings. The summed E-state index contributed by atoms with van der Waals surface area (Å²) in [7, 11) is -3.13. The van der Waals surface area contributed by atoms with Gasteiger partial charge in [0.2, 0.25) is 10.0 Å². The Labute approximate surface area is 118 Å². The molecular weight excluding hydrogens is 315 g/mol. The number of halogens is 3. The molecule has 1 rings (SSSR count). The summed E-state index contributed by atoms with van der Waals surface area (Å²) in [6.45, 7) is -0.657. The van der Waals surface area contributed by atoms with Crippen molar-refractivity contribution in [1.82, 2.24) is 4.72 Å². The molecule has 0 aliphatic carbocycles. The van der Waals surface area contributed by atoms with Crippen LogP contribution < -0.4 is 4.72 Å². The number of nitrogens with one attached hydrogen (secondary N) is 1. The first-order valence-corrected chi connectivity index (χ1v) is 6.99. The van der Waals surface area contributed by atoms with Crippen molar-refractivity contribution in [3.63, 3.8) is 0 Å². The summed E-state index contributed by atoms with van der Waals surface area (Å²) in [5.41, 5.74) is -0.990. The van der Waals surface area contributed by atoms with E-state index in [2.05, 4.69) is 4.74 Å². The predicted molar refractivity (Wildman–Crippen MR) is 64.7 cm³/mol. The molecular formula is C11H12F3NO5S. The van der Waals surface area contributed by atoms with Crippen LogP contribution in [0.4, 0.5) is 13.2 Å². The van der Waals surface area contributed by atoms with Crippen molar-refractivity contribution >= 4 is 16.0 Å². The topological polar surface area (TPSA) is 92.7 Å². The van der Waals surface area contributed by atoms with E-state index in [4.69, 9.17) is 0 Å². The highest BCUT2D eigenvalue weighted by atomic mass is 32.2. The van der Waals surface area contributed by atoms with E-state index in [0.717, 1.165) is 19.2 Å². The fraction of sp³-hybridized carbons (Fsp3) is 0.364. The summed E-state index contributed by atoms with van der Waals surface area (Å²) in [6.07, 6.45) is -6.28. The molecule has 21 heavy (non-hydrogen) atoms. The zero-order valence-corrected chi connectivity index (χ0v) is 11.5. The number of alkyl halides is 3. The van der Waals surface area contributed by atoms with Gasteiger partial charge in [0, 0.05) is 6.54 Å². The summed E-state index contributed by atoms with van der Waals surface area (Å²) >= 11 is 0. The van der Waals surface area contributed by atoms with Gasteiger partial charge in [-0.1, -0.05) is 0 Å². The Morgan fingerprint density at radius 3 is 2.29 bits per heavy atom. The molecule has 0 radical (unpaired) electrons. The third-order valence-electron chi connectivity index (χ3n) is 2.43. The molecule has 0 saturated carbocycles. The molecule has 0 amide bonds. The first kappa shape index (κ1) is 17.4. The van der Waals surface area contributed by atoms with Gasteiger partial charge in [0.15, 0.2) is 6.10 Å². The maximum Gasteiger partial charge on any atom is 0.416 e. The first-order chi connectivity index (χ1) is 9.58. The monoisotopic (exact) mass is 327 g/mol. The number of sulfonamides is 1. The number of rotatable bonds is 5. The number of aliphatic hydroxyl groups excluding tert-OH is 1.